The lowest BCUT2D eigenvalue weighted by Crippen LogP contribution is -2.31. The van der Waals surface area contributed by atoms with Gasteiger partial charge in [-0.25, -0.2) is 9.50 Å². The van der Waals surface area contributed by atoms with Gasteiger partial charge in [0.15, 0.2) is 0 Å². The van der Waals surface area contributed by atoms with Crippen molar-refractivity contribution in [3.05, 3.63) is 22.4 Å². The van der Waals surface area contributed by atoms with Gasteiger partial charge in [0, 0.05) is 22.7 Å². The number of nitrogens with zero attached hydrogens (tertiary/aromatic N) is 3. The Kier molecular flexibility index (Phi) is 4.77. The van der Waals surface area contributed by atoms with E-state index >= 15 is 0 Å². The summed E-state index contributed by atoms with van der Waals surface area (Å²) in [6.45, 7) is 3.02. The first-order chi connectivity index (χ1) is 11.7. The number of fused-ring (bicyclic) bond motifs is 1. The maximum absolute atomic E-state index is 5.77. The van der Waals surface area contributed by atoms with E-state index in [0.717, 1.165) is 29.4 Å². The highest BCUT2D eigenvalue weighted by Crippen LogP contribution is 2.35. The Balaban J connectivity index is 1.61. The van der Waals surface area contributed by atoms with Gasteiger partial charge >= 0.3 is 0 Å². The quantitative estimate of drug-likeness (QED) is 0.830. The average molecular weight is 393 g/mol. The van der Waals surface area contributed by atoms with Crippen molar-refractivity contribution in [1.29, 1.82) is 0 Å². The SMILES string of the molecule is CC(Nc1ncc2c(Br)cc(C3CCCCC3)n2n1)C1CCCO1. The van der Waals surface area contributed by atoms with Gasteiger partial charge in [-0.2, -0.15) is 0 Å². The van der Waals surface area contributed by atoms with Gasteiger partial charge in [-0.05, 0) is 54.6 Å². The second-order valence-electron chi connectivity index (χ2n) is 7.12. The predicted octanol–water partition coefficient (Wildman–Crippen LogP) is 4.52. The van der Waals surface area contributed by atoms with Crippen LogP contribution in [0.2, 0.25) is 0 Å². The highest BCUT2D eigenvalue weighted by molar-refractivity contribution is 9.10. The van der Waals surface area contributed by atoms with Crippen LogP contribution in [0.4, 0.5) is 5.95 Å². The van der Waals surface area contributed by atoms with Crippen molar-refractivity contribution in [2.24, 2.45) is 0 Å². The topological polar surface area (TPSA) is 51.5 Å². The molecule has 3 heterocycles. The first-order valence-corrected chi connectivity index (χ1v) is 9.94. The molecule has 2 unspecified atom stereocenters. The lowest BCUT2D eigenvalue weighted by Gasteiger charge is -2.22. The van der Waals surface area contributed by atoms with Crippen LogP contribution in [-0.2, 0) is 4.74 Å². The van der Waals surface area contributed by atoms with Gasteiger partial charge in [0.1, 0.15) is 0 Å². The zero-order chi connectivity index (χ0) is 16.5. The zero-order valence-corrected chi connectivity index (χ0v) is 15.8. The van der Waals surface area contributed by atoms with Gasteiger partial charge in [0.25, 0.3) is 0 Å². The highest BCUT2D eigenvalue weighted by Gasteiger charge is 2.24. The molecule has 24 heavy (non-hydrogen) atoms. The van der Waals surface area contributed by atoms with Crippen LogP contribution in [0.5, 0.6) is 0 Å². The van der Waals surface area contributed by atoms with Crippen LogP contribution in [-0.4, -0.2) is 33.4 Å². The molecule has 130 valence electrons. The van der Waals surface area contributed by atoms with Crippen LogP contribution in [0.1, 0.15) is 63.5 Å². The second kappa shape index (κ2) is 7.00. The molecule has 1 saturated heterocycles. The number of hydrogen-bond donors (Lipinski definition) is 1. The van der Waals surface area contributed by atoms with Crippen molar-refractivity contribution in [2.75, 3.05) is 11.9 Å². The maximum atomic E-state index is 5.77. The third-order valence-electron chi connectivity index (χ3n) is 5.40. The van der Waals surface area contributed by atoms with Gasteiger partial charge in [-0.1, -0.05) is 19.3 Å². The molecule has 0 bridgehead atoms. The van der Waals surface area contributed by atoms with Gasteiger partial charge in [0.05, 0.1) is 23.9 Å². The largest absolute Gasteiger partial charge is 0.376 e. The molecule has 1 aliphatic carbocycles. The fourth-order valence-corrected chi connectivity index (χ4v) is 4.53. The molecule has 2 fully saturated rings. The number of aromatic nitrogens is 3. The molecular weight excluding hydrogens is 368 g/mol. The van der Waals surface area contributed by atoms with Crippen molar-refractivity contribution in [1.82, 2.24) is 14.6 Å². The van der Waals surface area contributed by atoms with E-state index in [2.05, 4.69) is 43.7 Å². The molecule has 0 aromatic carbocycles. The van der Waals surface area contributed by atoms with E-state index in [0.29, 0.717) is 11.9 Å². The van der Waals surface area contributed by atoms with Crippen molar-refractivity contribution in [2.45, 2.75) is 69.9 Å². The van der Waals surface area contributed by atoms with Crippen LogP contribution in [0.3, 0.4) is 0 Å². The minimum absolute atomic E-state index is 0.224. The second-order valence-corrected chi connectivity index (χ2v) is 7.97. The standard InChI is InChI=1S/C18H25BrN4O/c1-12(17-8-5-9-24-17)21-18-20-11-16-14(19)10-15(23(16)22-18)13-6-3-2-4-7-13/h10-13,17H,2-9H2,1H3,(H,21,22). The molecule has 2 aliphatic rings. The normalized spacial score (nSPS) is 23.7. The first-order valence-electron chi connectivity index (χ1n) is 9.14. The molecule has 2 atom stereocenters. The van der Waals surface area contributed by atoms with Gasteiger partial charge < -0.3 is 10.1 Å². The van der Waals surface area contributed by atoms with Crippen molar-refractivity contribution in [3.8, 4) is 0 Å². The lowest BCUT2D eigenvalue weighted by molar-refractivity contribution is 0.0994. The van der Waals surface area contributed by atoms with Crippen LogP contribution in [0.25, 0.3) is 5.52 Å². The molecule has 4 rings (SSSR count). The summed E-state index contributed by atoms with van der Waals surface area (Å²) in [7, 11) is 0. The summed E-state index contributed by atoms with van der Waals surface area (Å²) in [5.41, 5.74) is 2.36. The highest BCUT2D eigenvalue weighted by atomic mass is 79.9. The number of hydrogen-bond acceptors (Lipinski definition) is 4. The molecule has 1 aliphatic heterocycles. The summed E-state index contributed by atoms with van der Waals surface area (Å²) in [5, 5.41) is 8.22. The van der Waals surface area contributed by atoms with E-state index in [1.807, 2.05) is 6.20 Å². The summed E-state index contributed by atoms with van der Waals surface area (Å²) in [6.07, 6.45) is 11.0. The Morgan fingerprint density at radius 2 is 2.08 bits per heavy atom. The van der Waals surface area contributed by atoms with E-state index < -0.39 is 0 Å². The summed E-state index contributed by atoms with van der Waals surface area (Å²) in [4.78, 5) is 4.51. The van der Waals surface area contributed by atoms with Gasteiger partial charge in [-0.15, -0.1) is 5.10 Å². The number of nitrogens with one attached hydrogen (secondary N) is 1. The van der Waals surface area contributed by atoms with E-state index in [1.54, 1.807) is 0 Å². The number of ether oxygens (including phenoxy) is 1. The first kappa shape index (κ1) is 16.3. The monoisotopic (exact) mass is 392 g/mol. The minimum Gasteiger partial charge on any atom is -0.376 e. The molecule has 6 heteroatoms. The summed E-state index contributed by atoms with van der Waals surface area (Å²) in [6, 6.07) is 2.45. The van der Waals surface area contributed by atoms with Crippen LogP contribution in [0, 0.1) is 0 Å². The van der Waals surface area contributed by atoms with E-state index in [-0.39, 0.29) is 12.1 Å². The lowest BCUT2D eigenvalue weighted by atomic mass is 9.87. The Morgan fingerprint density at radius 1 is 1.25 bits per heavy atom. The molecule has 2 aromatic heterocycles. The smallest absolute Gasteiger partial charge is 0.241 e. The Morgan fingerprint density at radius 3 is 2.83 bits per heavy atom. The third kappa shape index (κ3) is 3.18. The summed E-state index contributed by atoms with van der Waals surface area (Å²) >= 11 is 3.67. The maximum Gasteiger partial charge on any atom is 0.241 e. The van der Waals surface area contributed by atoms with Crippen molar-refractivity contribution < 1.29 is 4.74 Å². The number of rotatable bonds is 4. The van der Waals surface area contributed by atoms with Crippen molar-refractivity contribution >= 4 is 27.4 Å². The molecule has 1 N–H and O–H groups in total. The Labute approximate surface area is 151 Å². The third-order valence-corrected chi connectivity index (χ3v) is 6.03. The van der Waals surface area contributed by atoms with Gasteiger partial charge in [0.2, 0.25) is 5.95 Å². The molecule has 5 nitrogen and oxygen atoms in total. The molecule has 1 saturated carbocycles. The fourth-order valence-electron chi connectivity index (χ4n) is 4.02. The predicted molar refractivity (Wildman–Crippen MR) is 98.6 cm³/mol. The average Bonchev–Trinajstić information content (AvgIpc) is 3.24. The molecular formula is C18H25BrN4O. The molecule has 0 radical (unpaired) electrons. The van der Waals surface area contributed by atoms with Crippen LogP contribution < -0.4 is 5.32 Å². The zero-order valence-electron chi connectivity index (χ0n) is 14.2. The minimum atomic E-state index is 0.224. The Hall–Kier alpha value is -1.14. The molecule has 0 amide bonds. The Bertz CT molecular complexity index is 704. The molecule has 2 aromatic rings. The van der Waals surface area contributed by atoms with Crippen LogP contribution >= 0.6 is 15.9 Å². The fraction of sp³-hybridized carbons (Fsp3) is 0.667. The van der Waals surface area contributed by atoms with Crippen LogP contribution in [0.15, 0.2) is 16.7 Å². The molecule has 0 spiro atoms. The van der Waals surface area contributed by atoms with E-state index in [4.69, 9.17) is 9.84 Å². The van der Waals surface area contributed by atoms with E-state index in [1.165, 1.54) is 37.8 Å². The number of anilines is 1. The summed E-state index contributed by atoms with van der Waals surface area (Å²) in [5.74, 6) is 1.29. The summed E-state index contributed by atoms with van der Waals surface area (Å²) < 4.78 is 8.93. The van der Waals surface area contributed by atoms with E-state index in [9.17, 15) is 0 Å². The number of halogens is 1. The van der Waals surface area contributed by atoms with Crippen molar-refractivity contribution in [3.63, 3.8) is 0 Å². The van der Waals surface area contributed by atoms with Gasteiger partial charge in [-0.3, -0.25) is 0 Å².